The monoisotopic (exact) mass is 278 g/mol. The smallest absolute Gasteiger partial charge is 0.233 e. The van der Waals surface area contributed by atoms with Crippen LogP contribution in [0.4, 0.5) is 0 Å². The average molecular weight is 279 g/mol. The summed E-state index contributed by atoms with van der Waals surface area (Å²) in [4.78, 5) is 0. The highest BCUT2D eigenvalue weighted by Crippen LogP contribution is 2.32. The molecule has 19 heavy (non-hydrogen) atoms. The molecule has 0 radical (unpaired) electrons. The largest absolute Gasteiger partial charge is 0.490 e. The number of aromatic nitrogens is 2. The second-order valence-electron chi connectivity index (χ2n) is 4.27. The second kappa shape index (κ2) is 5.89. The zero-order valence-electron chi connectivity index (χ0n) is 11.1. The van der Waals surface area contributed by atoms with E-state index in [0.717, 1.165) is 11.3 Å². The topological polar surface area (TPSA) is 44.2 Å². The molecule has 2 aromatic rings. The van der Waals surface area contributed by atoms with E-state index in [1.807, 2.05) is 32.0 Å². The molecule has 0 amide bonds. The van der Waals surface area contributed by atoms with Crippen molar-refractivity contribution in [2.75, 3.05) is 7.11 Å². The van der Waals surface area contributed by atoms with Gasteiger partial charge in [-0.15, -0.1) is 10.2 Å². The maximum Gasteiger partial charge on any atom is 0.233 e. The lowest BCUT2D eigenvalue weighted by Gasteiger charge is -2.14. The van der Waals surface area contributed by atoms with Gasteiger partial charge < -0.3 is 9.47 Å². The van der Waals surface area contributed by atoms with E-state index in [4.69, 9.17) is 21.1 Å². The van der Waals surface area contributed by atoms with E-state index in [-0.39, 0.29) is 6.10 Å². The third kappa shape index (κ3) is 3.35. The fourth-order valence-electron chi connectivity index (χ4n) is 1.63. The molecule has 0 saturated carbocycles. The first-order chi connectivity index (χ1) is 9.10. The van der Waals surface area contributed by atoms with Gasteiger partial charge >= 0.3 is 0 Å². The van der Waals surface area contributed by atoms with Crippen LogP contribution in [0.3, 0.4) is 0 Å². The lowest BCUT2D eigenvalue weighted by Crippen LogP contribution is -2.06. The molecule has 0 aliphatic rings. The van der Waals surface area contributed by atoms with Crippen molar-refractivity contribution in [3.05, 3.63) is 35.4 Å². The Hall–Kier alpha value is -1.81. The average Bonchev–Trinajstić information content (AvgIpc) is 2.40. The van der Waals surface area contributed by atoms with Gasteiger partial charge in [0.15, 0.2) is 0 Å². The number of hydrogen-bond donors (Lipinski definition) is 0. The van der Waals surface area contributed by atoms with Gasteiger partial charge in [0.25, 0.3) is 0 Å². The Kier molecular flexibility index (Phi) is 4.22. The molecular formula is C14H15ClN2O2. The Morgan fingerprint density at radius 3 is 2.47 bits per heavy atom. The van der Waals surface area contributed by atoms with E-state index in [1.54, 1.807) is 19.2 Å². The molecule has 0 bridgehead atoms. The quantitative estimate of drug-likeness (QED) is 0.857. The molecule has 0 aliphatic carbocycles. The van der Waals surface area contributed by atoms with Gasteiger partial charge in [0.05, 0.1) is 18.9 Å². The predicted molar refractivity (Wildman–Crippen MR) is 74.8 cm³/mol. The van der Waals surface area contributed by atoms with Crippen LogP contribution < -0.4 is 9.47 Å². The van der Waals surface area contributed by atoms with E-state index >= 15 is 0 Å². The van der Waals surface area contributed by atoms with Crippen molar-refractivity contribution in [2.45, 2.75) is 20.0 Å². The van der Waals surface area contributed by atoms with Gasteiger partial charge in [0, 0.05) is 16.7 Å². The van der Waals surface area contributed by atoms with Gasteiger partial charge in [0.2, 0.25) is 5.88 Å². The molecule has 0 N–H and O–H groups in total. The highest BCUT2D eigenvalue weighted by Gasteiger charge is 2.11. The van der Waals surface area contributed by atoms with Crippen molar-refractivity contribution in [3.63, 3.8) is 0 Å². The van der Waals surface area contributed by atoms with Gasteiger partial charge in [-0.2, -0.15) is 0 Å². The molecule has 0 fully saturated rings. The Bertz CT molecular complexity index is 556. The standard InChI is InChI=1S/C14H15ClN2O2/c1-9(2)19-13-6-4-10(15)8-11(13)12-5-7-14(18-3)17-16-12/h4-9H,1-3H3. The van der Waals surface area contributed by atoms with Crippen LogP contribution in [0.1, 0.15) is 13.8 Å². The molecule has 1 aromatic carbocycles. The number of methoxy groups -OCH3 is 1. The molecule has 4 nitrogen and oxygen atoms in total. The van der Waals surface area contributed by atoms with Crippen LogP contribution in [0, 0.1) is 0 Å². The predicted octanol–water partition coefficient (Wildman–Crippen LogP) is 3.59. The number of hydrogen-bond acceptors (Lipinski definition) is 4. The summed E-state index contributed by atoms with van der Waals surface area (Å²) in [6, 6.07) is 9.02. The third-order valence-corrected chi connectivity index (χ3v) is 2.66. The Labute approximate surface area is 117 Å². The van der Waals surface area contributed by atoms with E-state index in [0.29, 0.717) is 16.6 Å². The van der Waals surface area contributed by atoms with Crippen molar-refractivity contribution in [1.82, 2.24) is 10.2 Å². The van der Waals surface area contributed by atoms with Gasteiger partial charge in [-0.25, -0.2) is 0 Å². The van der Waals surface area contributed by atoms with Crippen LogP contribution in [0.25, 0.3) is 11.3 Å². The maximum atomic E-state index is 6.03. The van der Waals surface area contributed by atoms with Crippen LogP contribution in [0.15, 0.2) is 30.3 Å². The van der Waals surface area contributed by atoms with Crippen molar-refractivity contribution < 1.29 is 9.47 Å². The van der Waals surface area contributed by atoms with Gasteiger partial charge in [-0.05, 0) is 38.1 Å². The summed E-state index contributed by atoms with van der Waals surface area (Å²) in [6.07, 6.45) is 0.0751. The number of nitrogens with zero attached hydrogens (tertiary/aromatic N) is 2. The fraction of sp³-hybridized carbons (Fsp3) is 0.286. The molecule has 0 atom stereocenters. The summed E-state index contributed by atoms with van der Waals surface area (Å²) < 4.78 is 10.7. The lowest BCUT2D eigenvalue weighted by molar-refractivity contribution is 0.243. The number of halogens is 1. The molecule has 0 aliphatic heterocycles. The number of rotatable bonds is 4. The summed E-state index contributed by atoms with van der Waals surface area (Å²) in [7, 11) is 1.55. The zero-order valence-corrected chi connectivity index (χ0v) is 11.8. The molecule has 5 heteroatoms. The third-order valence-electron chi connectivity index (χ3n) is 2.43. The van der Waals surface area contributed by atoms with Crippen molar-refractivity contribution in [3.8, 4) is 22.9 Å². The molecular weight excluding hydrogens is 264 g/mol. The minimum Gasteiger partial charge on any atom is -0.490 e. The Morgan fingerprint density at radius 2 is 1.89 bits per heavy atom. The molecule has 1 heterocycles. The first-order valence-corrected chi connectivity index (χ1v) is 6.32. The van der Waals surface area contributed by atoms with Crippen molar-refractivity contribution >= 4 is 11.6 Å². The van der Waals surface area contributed by atoms with Crippen LogP contribution in [-0.2, 0) is 0 Å². The number of benzene rings is 1. The molecule has 1 aromatic heterocycles. The summed E-state index contributed by atoms with van der Waals surface area (Å²) in [6.45, 7) is 3.94. The molecule has 2 rings (SSSR count). The summed E-state index contributed by atoms with van der Waals surface area (Å²) in [5, 5.41) is 8.70. The first kappa shape index (κ1) is 13.6. The highest BCUT2D eigenvalue weighted by molar-refractivity contribution is 6.30. The van der Waals surface area contributed by atoms with Crippen LogP contribution in [0.5, 0.6) is 11.6 Å². The van der Waals surface area contributed by atoms with Crippen LogP contribution >= 0.6 is 11.6 Å². The molecule has 0 saturated heterocycles. The van der Waals surface area contributed by atoms with Gasteiger partial charge in [-0.1, -0.05) is 11.6 Å². The summed E-state index contributed by atoms with van der Waals surface area (Å²) in [5.41, 5.74) is 1.51. The van der Waals surface area contributed by atoms with Gasteiger partial charge in [0.1, 0.15) is 5.75 Å². The number of ether oxygens (including phenoxy) is 2. The molecule has 0 unspecified atom stereocenters. The zero-order chi connectivity index (χ0) is 13.8. The second-order valence-corrected chi connectivity index (χ2v) is 4.70. The summed E-state index contributed by atoms with van der Waals surface area (Å²) in [5.74, 6) is 1.20. The normalized spacial score (nSPS) is 10.6. The van der Waals surface area contributed by atoms with E-state index in [2.05, 4.69) is 10.2 Å². The SMILES string of the molecule is COc1ccc(-c2cc(Cl)ccc2OC(C)C)nn1. The van der Waals surface area contributed by atoms with E-state index in [9.17, 15) is 0 Å². The first-order valence-electron chi connectivity index (χ1n) is 5.94. The minimum atomic E-state index is 0.0751. The van der Waals surface area contributed by atoms with Crippen molar-refractivity contribution in [1.29, 1.82) is 0 Å². The van der Waals surface area contributed by atoms with E-state index in [1.165, 1.54) is 0 Å². The highest BCUT2D eigenvalue weighted by atomic mass is 35.5. The van der Waals surface area contributed by atoms with E-state index < -0.39 is 0 Å². The molecule has 0 spiro atoms. The summed E-state index contributed by atoms with van der Waals surface area (Å²) >= 11 is 6.03. The Morgan fingerprint density at radius 1 is 1.11 bits per heavy atom. The van der Waals surface area contributed by atoms with Crippen LogP contribution in [0.2, 0.25) is 5.02 Å². The molecule has 100 valence electrons. The lowest BCUT2D eigenvalue weighted by atomic mass is 10.1. The van der Waals surface area contributed by atoms with Gasteiger partial charge in [-0.3, -0.25) is 0 Å². The maximum absolute atomic E-state index is 6.03. The fourth-order valence-corrected chi connectivity index (χ4v) is 1.80. The Balaban J connectivity index is 2.43. The minimum absolute atomic E-state index is 0.0751. The van der Waals surface area contributed by atoms with Crippen molar-refractivity contribution in [2.24, 2.45) is 0 Å². The van der Waals surface area contributed by atoms with Crippen LogP contribution in [-0.4, -0.2) is 23.4 Å².